The summed E-state index contributed by atoms with van der Waals surface area (Å²) in [5.74, 6) is 0. The van der Waals surface area contributed by atoms with E-state index in [1.165, 1.54) is 87.7 Å². The normalized spacial score (nSPS) is 12.5. The fourth-order valence-electron chi connectivity index (χ4n) is 7.29. The Bertz CT molecular complexity index is 1700. The first kappa shape index (κ1) is 26.0. The summed E-state index contributed by atoms with van der Waals surface area (Å²) in [4.78, 5) is 1.33. The van der Waals surface area contributed by atoms with Gasteiger partial charge in [-0.15, -0.1) is 11.3 Å². The molecule has 0 nitrogen and oxygen atoms in total. The molecule has 0 bridgehead atoms. The molecule has 39 heavy (non-hydrogen) atoms. The van der Waals surface area contributed by atoms with Crippen molar-refractivity contribution in [2.24, 2.45) is 0 Å². The summed E-state index contributed by atoms with van der Waals surface area (Å²) in [6.45, 7) is 18.6. The zero-order valence-electron chi connectivity index (χ0n) is 24.5. The third kappa shape index (κ3) is 4.32. The first-order chi connectivity index (χ1) is 18.6. The lowest BCUT2D eigenvalue weighted by Crippen LogP contribution is -2.76. The predicted molar refractivity (Wildman–Crippen MR) is 176 cm³/mol. The SMILES string of the molecule is Cc1cc(C)c(B2c3ccc(-c4cccs4)cc3B(c3c(C)cc(C)cc3C)c3cc(C)c(C)cc32)c(C)c1. The third-order valence-corrected chi connectivity index (χ3v) is 9.81. The molecule has 0 saturated carbocycles. The minimum atomic E-state index is 0.206. The van der Waals surface area contributed by atoms with E-state index in [0.29, 0.717) is 0 Å². The Labute approximate surface area is 239 Å². The molecule has 1 aromatic heterocycles. The quantitative estimate of drug-likeness (QED) is 0.280. The molecule has 0 unspecified atom stereocenters. The molecule has 0 radical (unpaired) electrons. The number of rotatable bonds is 3. The lowest BCUT2D eigenvalue weighted by atomic mass is 9.20. The van der Waals surface area contributed by atoms with Crippen molar-refractivity contribution < 1.29 is 0 Å². The minimum Gasteiger partial charge on any atom is -0.144 e. The summed E-state index contributed by atoms with van der Waals surface area (Å²) >= 11 is 1.83. The average molecular weight is 522 g/mol. The van der Waals surface area contributed by atoms with E-state index in [-0.39, 0.29) is 13.4 Å². The zero-order chi connectivity index (χ0) is 27.6. The lowest BCUT2D eigenvalue weighted by Gasteiger charge is -2.35. The molecule has 1 aliphatic rings. The van der Waals surface area contributed by atoms with Gasteiger partial charge in [0.25, 0.3) is 0 Å². The van der Waals surface area contributed by atoms with E-state index in [9.17, 15) is 0 Å². The summed E-state index contributed by atoms with van der Waals surface area (Å²) in [6.07, 6.45) is 0. The molecule has 0 N–H and O–H groups in total. The second-order valence-corrected chi connectivity index (χ2v) is 12.8. The highest BCUT2D eigenvalue weighted by Crippen LogP contribution is 2.24. The van der Waals surface area contributed by atoms with Gasteiger partial charge in [-0.25, -0.2) is 0 Å². The van der Waals surface area contributed by atoms with Gasteiger partial charge in [-0.05, 0) is 83.5 Å². The number of hydrogen-bond acceptors (Lipinski definition) is 1. The highest BCUT2D eigenvalue weighted by molar-refractivity contribution is 7.14. The van der Waals surface area contributed by atoms with Gasteiger partial charge in [0.1, 0.15) is 0 Å². The summed E-state index contributed by atoms with van der Waals surface area (Å²) in [6, 6.07) is 26.2. The summed E-state index contributed by atoms with van der Waals surface area (Å²) in [7, 11) is 0. The van der Waals surface area contributed by atoms with Crippen LogP contribution in [0.15, 0.2) is 72.1 Å². The Balaban J connectivity index is 1.74. The van der Waals surface area contributed by atoms with Gasteiger partial charge in [0.05, 0.1) is 0 Å². The average Bonchev–Trinajstić information content (AvgIpc) is 3.40. The van der Waals surface area contributed by atoms with Crippen LogP contribution in [0.3, 0.4) is 0 Å². The molecular weight excluding hydrogens is 486 g/mol. The molecule has 0 fully saturated rings. The van der Waals surface area contributed by atoms with E-state index >= 15 is 0 Å². The number of benzene rings is 4. The van der Waals surface area contributed by atoms with Crippen molar-refractivity contribution in [1.29, 1.82) is 0 Å². The van der Waals surface area contributed by atoms with Gasteiger partial charge in [0, 0.05) is 4.88 Å². The monoisotopic (exact) mass is 522 g/mol. The van der Waals surface area contributed by atoms with Crippen molar-refractivity contribution >= 4 is 57.5 Å². The molecule has 3 heteroatoms. The molecule has 6 rings (SSSR count). The van der Waals surface area contributed by atoms with Gasteiger partial charge in [0.15, 0.2) is 0 Å². The third-order valence-electron chi connectivity index (χ3n) is 8.89. The van der Waals surface area contributed by atoms with Crippen molar-refractivity contribution in [3.05, 3.63) is 117 Å². The summed E-state index contributed by atoms with van der Waals surface area (Å²) in [5.41, 5.74) is 21.0. The Morgan fingerprint density at radius 1 is 0.462 bits per heavy atom. The van der Waals surface area contributed by atoms with Crippen LogP contribution in [0.25, 0.3) is 10.4 Å². The molecule has 0 aliphatic carbocycles. The van der Waals surface area contributed by atoms with E-state index in [4.69, 9.17) is 0 Å². The Hall–Kier alpha value is -3.29. The topological polar surface area (TPSA) is 0 Å². The van der Waals surface area contributed by atoms with Gasteiger partial charge < -0.3 is 0 Å². The molecule has 0 amide bonds. The number of aryl methyl sites for hydroxylation is 8. The van der Waals surface area contributed by atoms with Crippen LogP contribution < -0.4 is 32.8 Å². The van der Waals surface area contributed by atoms with E-state index in [1.807, 2.05) is 11.3 Å². The van der Waals surface area contributed by atoms with Crippen molar-refractivity contribution in [2.75, 3.05) is 0 Å². The maximum Gasteiger partial charge on any atom is 0.240 e. The number of hydrogen-bond donors (Lipinski definition) is 0. The van der Waals surface area contributed by atoms with E-state index in [0.717, 1.165) is 0 Å². The maximum absolute atomic E-state index is 2.51. The smallest absolute Gasteiger partial charge is 0.144 e. The molecular formula is C36H36B2S. The van der Waals surface area contributed by atoms with Crippen LogP contribution >= 0.6 is 11.3 Å². The fourth-order valence-corrected chi connectivity index (χ4v) is 8.02. The Morgan fingerprint density at radius 3 is 1.38 bits per heavy atom. The maximum atomic E-state index is 2.51. The molecule has 4 aromatic carbocycles. The first-order valence-electron chi connectivity index (χ1n) is 14.1. The largest absolute Gasteiger partial charge is 0.240 e. The zero-order valence-corrected chi connectivity index (χ0v) is 25.3. The second-order valence-electron chi connectivity index (χ2n) is 11.9. The Kier molecular flexibility index (Phi) is 6.47. The molecule has 5 aromatic rings. The number of thiophene rings is 1. The van der Waals surface area contributed by atoms with Gasteiger partial charge in [-0.2, -0.15) is 0 Å². The van der Waals surface area contributed by atoms with Crippen LogP contribution in [-0.4, -0.2) is 13.4 Å². The molecule has 1 aliphatic heterocycles. The van der Waals surface area contributed by atoms with Crippen molar-refractivity contribution in [1.82, 2.24) is 0 Å². The highest BCUT2D eigenvalue weighted by Gasteiger charge is 2.41. The van der Waals surface area contributed by atoms with Crippen LogP contribution in [0.4, 0.5) is 0 Å². The minimum absolute atomic E-state index is 0.206. The summed E-state index contributed by atoms with van der Waals surface area (Å²) < 4.78 is 0. The van der Waals surface area contributed by atoms with Crippen molar-refractivity contribution in [3.8, 4) is 10.4 Å². The number of fused-ring (bicyclic) bond motifs is 2. The second kappa shape index (κ2) is 9.72. The van der Waals surface area contributed by atoms with Gasteiger partial charge in [-0.3, -0.25) is 0 Å². The van der Waals surface area contributed by atoms with Crippen LogP contribution in [0.1, 0.15) is 44.5 Å². The fraction of sp³-hybridized carbons (Fsp3) is 0.222. The lowest BCUT2D eigenvalue weighted by molar-refractivity contribution is 1.34. The molecule has 2 heterocycles. The van der Waals surface area contributed by atoms with Crippen LogP contribution in [-0.2, 0) is 0 Å². The van der Waals surface area contributed by atoms with Crippen LogP contribution in [0.2, 0.25) is 0 Å². The van der Waals surface area contributed by atoms with Crippen LogP contribution in [0.5, 0.6) is 0 Å². The molecule has 0 spiro atoms. The van der Waals surface area contributed by atoms with Crippen molar-refractivity contribution in [3.63, 3.8) is 0 Å². The standard InChI is InChI=1S/C36H36B2S/c1-21-14-25(5)35(26(6)15-21)37-30-12-11-29(34-10-9-13-39-34)20-33(30)38(32-19-24(4)23(3)18-31(32)37)36-27(7)16-22(2)17-28(36)8/h9-20H,1-8H3. The Morgan fingerprint density at radius 2 is 0.923 bits per heavy atom. The van der Waals surface area contributed by atoms with Gasteiger partial charge in [-0.1, -0.05) is 127 Å². The highest BCUT2D eigenvalue weighted by atomic mass is 32.1. The van der Waals surface area contributed by atoms with E-state index < -0.39 is 0 Å². The predicted octanol–water partition coefficient (Wildman–Crippen LogP) is 5.23. The van der Waals surface area contributed by atoms with Gasteiger partial charge >= 0.3 is 0 Å². The van der Waals surface area contributed by atoms with Gasteiger partial charge in [0.2, 0.25) is 13.4 Å². The van der Waals surface area contributed by atoms with E-state index in [1.54, 1.807) is 0 Å². The van der Waals surface area contributed by atoms with Crippen molar-refractivity contribution in [2.45, 2.75) is 55.4 Å². The van der Waals surface area contributed by atoms with Crippen LogP contribution in [0, 0.1) is 55.4 Å². The van der Waals surface area contributed by atoms with E-state index in [2.05, 4.69) is 127 Å². The first-order valence-corrected chi connectivity index (χ1v) is 15.0. The molecule has 0 atom stereocenters. The summed E-state index contributed by atoms with van der Waals surface area (Å²) in [5, 5.41) is 2.18. The molecule has 0 saturated heterocycles. The molecule has 192 valence electrons.